The number of amides is 1. The van der Waals surface area contributed by atoms with Gasteiger partial charge in [0.1, 0.15) is 0 Å². The molecule has 0 aromatic carbocycles. The van der Waals surface area contributed by atoms with Crippen LogP contribution in [0.15, 0.2) is 12.4 Å². The maximum Gasteiger partial charge on any atom is 0.236 e. The number of ether oxygens (including phenoxy) is 1. The molecule has 20 heavy (non-hydrogen) atoms. The van der Waals surface area contributed by atoms with E-state index in [0.717, 1.165) is 32.5 Å². The molecule has 0 radical (unpaired) electrons. The Bertz CT molecular complexity index is 467. The highest BCUT2D eigenvalue weighted by Gasteiger charge is 2.30. The van der Waals surface area contributed by atoms with Crippen molar-refractivity contribution in [2.24, 2.45) is 7.05 Å². The molecule has 0 N–H and O–H groups in total. The van der Waals surface area contributed by atoms with E-state index in [4.69, 9.17) is 4.74 Å². The van der Waals surface area contributed by atoms with E-state index < -0.39 is 0 Å². The Morgan fingerprint density at radius 2 is 2.20 bits per heavy atom. The lowest BCUT2D eigenvalue weighted by molar-refractivity contribution is -0.136. The molecule has 2 fully saturated rings. The number of aromatic nitrogens is 2. The molecule has 0 aliphatic carbocycles. The lowest BCUT2D eigenvalue weighted by Gasteiger charge is -2.30. The molecule has 1 aromatic heterocycles. The molecule has 1 atom stereocenters. The van der Waals surface area contributed by atoms with Crippen molar-refractivity contribution in [3.05, 3.63) is 18.0 Å². The third kappa shape index (κ3) is 2.86. The summed E-state index contributed by atoms with van der Waals surface area (Å²) in [6, 6.07) is 0.341. The Morgan fingerprint density at radius 1 is 1.40 bits per heavy atom. The summed E-state index contributed by atoms with van der Waals surface area (Å²) in [6.07, 6.45) is 6.24. The van der Waals surface area contributed by atoms with Crippen LogP contribution in [0.2, 0.25) is 0 Å². The van der Waals surface area contributed by atoms with Gasteiger partial charge in [0.05, 0.1) is 26.0 Å². The Hall–Kier alpha value is -1.40. The van der Waals surface area contributed by atoms with Gasteiger partial charge in [-0.25, -0.2) is 0 Å². The van der Waals surface area contributed by atoms with Crippen molar-refractivity contribution >= 4 is 5.91 Å². The molecule has 0 spiro atoms. The highest BCUT2D eigenvalue weighted by molar-refractivity contribution is 5.78. The number of aryl methyl sites for hydroxylation is 1. The van der Waals surface area contributed by atoms with Crippen LogP contribution in [-0.4, -0.2) is 64.9 Å². The van der Waals surface area contributed by atoms with E-state index in [9.17, 15) is 4.79 Å². The van der Waals surface area contributed by atoms with E-state index >= 15 is 0 Å². The van der Waals surface area contributed by atoms with Crippen molar-refractivity contribution < 1.29 is 9.53 Å². The Morgan fingerprint density at radius 3 is 2.90 bits per heavy atom. The van der Waals surface area contributed by atoms with Gasteiger partial charge < -0.3 is 9.64 Å². The third-order valence-corrected chi connectivity index (χ3v) is 4.18. The molecule has 2 aliphatic rings. The van der Waals surface area contributed by atoms with E-state index in [0.29, 0.717) is 25.8 Å². The average molecular weight is 278 g/mol. The van der Waals surface area contributed by atoms with E-state index in [2.05, 4.69) is 16.2 Å². The van der Waals surface area contributed by atoms with Crippen molar-refractivity contribution in [3.8, 4) is 0 Å². The Kier molecular flexibility index (Phi) is 4.03. The first-order valence-electron chi connectivity index (χ1n) is 7.32. The first kappa shape index (κ1) is 13.6. The van der Waals surface area contributed by atoms with Gasteiger partial charge in [0, 0.05) is 37.9 Å². The number of carbonyl (C=O) groups excluding carboxylic acids is 1. The van der Waals surface area contributed by atoms with Gasteiger partial charge in [-0.3, -0.25) is 14.4 Å². The fourth-order valence-electron chi connectivity index (χ4n) is 3.09. The predicted octanol–water partition coefficient (Wildman–Crippen LogP) is 0.416. The van der Waals surface area contributed by atoms with Gasteiger partial charge in [0.15, 0.2) is 0 Å². The number of likely N-dealkylation sites (tertiary alicyclic amines) is 1. The van der Waals surface area contributed by atoms with Crippen LogP contribution in [0.25, 0.3) is 0 Å². The smallest absolute Gasteiger partial charge is 0.236 e. The highest BCUT2D eigenvalue weighted by atomic mass is 16.5. The van der Waals surface area contributed by atoms with E-state index in [1.165, 1.54) is 5.56 Å². The molecule has 3 rings (SSSR count). The molecule has 3 heterocycles. The summed E-state index contributed by atoms with van der Waals surface area (Å²) in [5, 5.41) is 4.24. The first-order chi connectivity index (χ1) is 9.74. The van der Waals surface area contributed by atoms with Crippen molar-refractivity contribution in [2.45, 2.75) is 18.9 Å². The highest BCUT2D eigenvalue weighted by Crippen LogP contribution is 2.31. The van der Waals surface area contributed by atoms with Gasteiger partial charge in [-0.15, -0.1) is 0 Å². The van der Waals surface area contributed by atoms with Crippen LogP contribution < -0.4 is 0 Å². The van der Waals surface area contributed by atoms with Crippen molar-refractivity contribution in [1.29, 1.82) is 0 Å². The normalized spacial score (nSPS) is 24.2. The Balaban J connectivity index is 1.62. The fraction of sp³-hybridized carbons (Fsp3) is 0.714. The second kappa shape index (κ2) is 5.93. The number of nitrogens with zero attached hydrogens (tertiary/aromatic N) is 4. The molecule has 6 heteroatoms. The zero-order chi connectivity index (χ0) is 13.9. The number of morpholine rings is 1. The second-order valence-electron chi connectivity index (χ2n) is 5.57. The maximum absolute atomic E-state index is 12.3. The van der Waals surface area contributed by atoms with Crippen LogP contribution in [0.3, 0.4) is 0 Å². The molecule has 1 aromatic rings. The van der Waals surface area contributed by atoms with Gasteiger partial charge in [-0.1, -0.05) is 0 Å². The van der Waals surface area contributed by atoms with Gasteiger partial charge in [-0.2, -0.15) is 5.10 Å². The van der Waals surface area contributed by atoms with Gasteiger partial charge in [0.25, 0.3) is 0 Å². The minimum atomic E-state index is 0.226. The molecule has 1 amide bonds. The third-order valence-electron chi connectivity index (χ3n) is 4.18. The fourth-order valence-corrected chi connectivity index (χ4v) is 3.09. The van der Waals surface area contributed by atoms with Gasteiger partial charge in [-0.05, 0) is 19.4 Å². The molecule has 2 saturated heterocycles. The molecular weight excluding hydrogens is 256 g/mol. The van der Waals surface area contributed by atoms with Crippen LogP contribution in [0, 0.1) is 0 Å². The molecule has 1 unspecified atom stereocenters. The summed E-state index contributed by atoms with van der Waals surface area (Å²) in [7, 11) is 1.93. The summed E-state index contributed by atoms with van der Waals surface area (Å²) in [4.78, 5) is 16.5. The van der Waals surface area contributed by atoms with Crippen LogP contribution in [-0.2, 0) is 16.6 Å². The molecule has 0 bridgehead atoms. The lowest BCUT2D eigenvalue weighted by Crippen LogP contribution is -2.45. The summed E-state index contributed by atoms with van der Waals surface area (Å²) in [6.45, 7) is 4.29. The summed E-state index contributed by atoms with van der Waals surface area (Å²) >= 11 is 0. The van der Waals surface area contributed by atoms with Crippen LogP contribution >= 0.6 is 0 Å². The first-order valence-corrected chi connectivity index (χ1v) is 7.32. The standard InChI is InChI=1S/C14H22N4O2/c1-16-10-12(9-15-16)13-3-2-4-18(13)11-14(19)17-5-7-20-8-6-17/h9-10,13H,2-8,11H2,1H3. The predicted molar refractivity (Wildman–Crippen MR) is 74.2 cm³/mol. The Labute approximate surface area is 119 Å². The number of carbonyl (C=O) groups is 1. The quantitative estimate of drug-likeness (QED) is 0.804. The topological polar surface area (TPSA) is 50.6 Å². The van der Waals surface area contributed by atoms with Crippen LogP contribution in [0.1, 0.15) is 24.4 Å². The van der Waals surface area contributed by atoms with Crippen molar-refractivity contribution in [3.63, 3.8) is 0 Å². The van der Waals surface area contributed by atoms with E-state index in [1.807, 2.05) is 22.8 Å². The largest absolute Gasteiger partial charge is 0.378 e. The van der Waals surface area contributed by atoms with E-state index in [1.54, 1.807) is 0 Å². The molecule has 2 aliphatic heterocycles. The number of rotatable bonds is 3. The van der Waals surface area contributed by atoms with Crippen LogP contribution in [0.4, 0.5) is 0 Å². The number of hydrogen-bond donors (Lipinski definition) is 0. The van der Waals surface area contributed by atoms with Gasteiger partial charge in [0.2, 0.25) is 5.91 Å². The summed E-state index contributed by atoms with van der Waals surface area (Å²) in [5.41, 5.74) is 1.22. The monoisotopic (exact) mass is 278 g/mol. The molecule has 0 saturated carbocycles. The number of hydrogen-bond acceptors (Lipinski definition) is 4. The molecule has 110 valence electrons. The maximum atomic E-state index is 12.3. The van der Waals surface area contributed by atoms with Crippen molar-refractivity contribution in [2.75, 3.05) is 39.4 Å². The van der Waals surface area contributed by atoms with Crippen molar-refractivity contribution in [1.82, 2.24) is 19.6 Å². The lowest BCUT2D eigenvalue weighted by atomic mass is 10.1. The molecule has 6 nitrogen and oxygen atoms in total. The van der Waals surface area contributed by atoms with E-state index in [-0.39, 0.29) is 5.91 Å². The minimum Gasteiger partial charge on any atom is -0.378 e. The zero-order valence-corrected chi connectivity index (χ0v) is 12.0. The molecular formula is C14H22N4O2. The average Bonchev–Trinajstić information content (AvgIpc) is 3.08. The SMILES string of the molecule is Cn1cc(C2CCCN2CC(=O)N2CCOCC2)cn1. The zero-order valence-electron chi connectivity index (χ0n) is 12.0. The minimum absolute atomic E-state index is 0.226. The van der Waals surface area contributed by atoms with Crippen LogP contribution in [0.5, 0.6) is 0 Å². The van der Waals surface area contributed by atoms with Gasteiger partial charge >= 0.3 is 0 Å². The summed E-state index contributed by atoms with van der Waals surface area (Å²) in [5.74, 6) is 0.226. The summed E-state index contributed by atoms with van der Waals surface area (Å²) < 4.78 is 7.12. The second-order valence-corrected chi connectivity index (χ2v) is 5.57.